The van der Waals surface area contributed by atoms with Crippen LogP contribution in [0.15, 0.2) is 64.4 Å². The van der Waals surface area contributed by atoms with Crippen molar-refractivity contribution in [3.05, 3.63) is 54.6 Å². The molecule has 4 rings (SSSR count). The number of carbonyl (C=O) groups is 2. The summed E-state index contributed by atoms with van der Waals surface area (Å²) in [7, 11) is -3.47. The first kappa shape index (κ1) is 23.8. The minimum absolute atomic E-state index is 0.0357. The number of benzene rings is 2. The fourth-order valence-electron chi connectivity index (χ4n) is 4.38. The monoisotopic (exact) mass is 487 g/mol. The van der Waals surface area contributed by atoms with Crippen LogP contribution in [0.1, 0.15) is 19.3 Å². The Kier molecular flexibility index (Phi) is 7.41. The molecule has 1 N–H and O–H groups in total. The third-order valence-electron chi connectivity index (χ3n) is 6.40. The standard InChI is InChI=1S/C24H29N3O4S2/c1-32-21-9-7-20(8-10-21)27-17-19(15-23(27)28)24(29)25-16-18-11-13-26(14-12-18)33(30,31)22-5-3-2-4-6-22/h2-10,18-19H,11-17H2,1H3,(H,25,29). The number of piperidine rings is 1. The molecule has 2 heterocycles. The van der Waals surface area contributed by atoms with Crippen LogP contribution in [-0.2, 0) is 19.6 Å². The maximum Gasteiger partial charge on any atom is 0.243 e. The van der Waals surface area contributed by atoms with Gasteiger partial charge in [-0.05, 0) is 61.4 Å². The van der Waals surface area contributed by atoms with Crippen LogP contribution in [0, 0.1) is 11.8 Å². The molecule has 2 aromatic carbocycles. The first-order valence-electron chi connectivity index (χ1n) is 11.2. The SMILES string of the molecule is CSc1ccc(N2CC(C(=O)NCC3CCN(S(=O)(=O)c4ccccc4)CC3)CC2=O)cc1. The van der Waals surface area contributed by atoms with Crippen LogP contribution >= 0.6 is 11.8 Å². The molecular weight excluding hydrogens is 458 g/mol. The molecule has 2 saturated heterocycles. The Morgan fingerprint density at radius 3 is 2.36 bits per heavy atom. The zero-order valence-electron chi connectivity index (χ0n) is 18.6. The number of nitrogens with one attached hydrogen (secondary N) is 1. The van der Waals surface area contributed by atoms with E-state index in [-0.39, 0.29) is 30.1 Å². The van der Waals surface area contributed by atoms with Gasteiger partial charge in [0.2, 0.25) is 21.8 Å². The van der Waals surface area contributed by atoms with E-state index in [4.69, 9.17) is 0 Å². The Hall–Kier alpha value is -2.36. The maximum atomic E-state index is 12.8. The first-order chi connectivity index (χ1) is 15.9. The second-order valence-electron chi connectivity index (χ2n) is 8.51. The predicted molar refractivity (Wildman–Crippen MR) is 130 cm³/mol. The quantitative estimate of drug-likeness (QED) is 0.607. The van der Waals surface area contributed by atoms with Crippen molar-refractivity contribution in [2.45, 2.75) is 29.1 Å². The predicted octanol–water partition coefficient (Wildman–Crippen LogP) is 2.98. The second-order valence-corrected chi connectivity index (χ2v) is 11.3. The van der Waals surface area contributed by atoms with E-state index in [1.165, 1.54) is 4.31 Å². The van der Waals surface area contributed by atoms with Crippen LogP contribution in [0.25, 0.3) is 0 Å². The van der Waals surface area contributed by atoms with Crippen LogP contribution < -0.4 is 10.2 Å². The lowest BCUT2D eigenvalue weighted by atomic mass is 9.97. The van der Waals surface area contributed by atoms with E-state index in [9.17, 15) is 18.0 Å². The maximum absolute atomic E-state index is 12.8. The molecule has 33 heavy (non-hydrogen) atoms. The highest BCUT2D eigenvalue weighted by molar-refractivity contribution is 7.98. The third-order valence-corrected chi connectivity index (χ3v) is 9.06. The van der Waals surface area contributed by atoms with Gasteiger partial charge in [-0.3, -0.25) is 9.59 Å². The highest BCUT2D eigenvalue weighted by Gasteiger charge is 2.35. The molecule has 0 bridgehead atoms. The lowest BCUT2D eigenvalue weighted by molar-refractivity contribution is -0.126. The van der Waals surface area contributed by atoms with Crippen molar-refractivity contribution in [3.63, 3.8) is 0 Å². The molecule has 2 fully saturated rings. The number of anilines is 1. The van der Waals surface area contributed by atoms with Crippen molar-refractivity contribution in [1.82, 2.24) is 9.62 Å². The summed E-state index contributed by atoms with van der Waals surface area (Å²) in [6.45, 7) is 1.78. The van der Waals surface area contributed by atoms with Gasteiger partial charge in [0.05, 0.1) is 10.8 Å². The molecular formula is C24H29N3O4S2. The van der Waals surface area contributed by atoms with Gasteiger partial charge < -0.3 is 10.2 Å². The molecule has 0 aromatic heterocycles. The van der Waals surface area contributed by atoms with Gasteiger partial charge in [0.25, 0.3) is 0 Å². The third kappa shape index (κ3) is 5.42. The number of hydrogen-bond acceptors (Lipinski definition) is 5. The van der Waals surface area contributed by atoms with Crippen LogP contribution in [-0.4, -0.2) is 57.0 Å². The highest BCUT2D eigenvalue weighted by atomic mass is 32.2. The van der Waals surface area contributed by atoms with Gasteiger partial charge in [-0.25, -0.2) is 8.42 Å². The minimum atomic E-state index is -3.47. The lowest BCUT2D eigenvalue weighted by Gasteiger charge is -2.31. The van der Waals surface area contributed by atoms with Crippen molar-refractivity contribution < 1.29 is 18.0 Å². The topological polar surface area (TPSA) is 86.8 Å². The summed E-state index contributed by atoms with van der Waals surface area (Å²) in [6.07, 6.45) is 3.61. The number of rotatable bonds is 7. The van der Waals surface area contributed by atoms with Crippen LogP contribution in [0.3, 0.4) is 0 Å². The van der Waals surface area contributed by atoms with Gasteiger partial charge in [0.1, 0.15) is 0 Å². The number of carbonyl (C=O) groups excluding carboxylic acids is 2. The van der Waals surface area contributed by atoms with E-state index in [1.807, 2.05) is 30.5 Å². The van der Waals surface area contributed by atoms with E-state index < -0.39 is 10.0 Å². The number of hydrogen-bond donors (Lipinski definition) is 1. The highest BCUT2D eigenvalue weighted by Crippen LogP contribution is 2.28. The molecule has 1 atom stereocenters. The number of sulfonamides is 1. The van der Waals surface area contributed by atoms with Crippen molar-refractivity contribution in [3.8, 4) is 0 Å². The van der Waals surface area contributed by atoms with Gasteiger partial charge in [0.15, 0.2) is 0 Å². The van der Waals surface area contributed by atoms with Gasteiger partial charge in [-0.2, -0.15) is 4.31 Å². The normalized spacial score (nSPS) is 20.2. The first-order valence-corrected chi connectivity index (χ1v) is 13.8. The molecule has 0 radical (unpaired) electrons. The average Bonchev–Trinajstić information content (AvgIpc) is 3.25. The molecule has 9 heteroatoms. The molecule has 2 aromatic rings. The molecule has 2 amide bonds. The van der Waals surface area contributed by atoms with Gasteiger partial charge in [-0.1, -0.05) is 18.2 Å². The number of amides is 2. The fraction of sp³-hybridized carbons (Fsp3) is 0.417. The minimum Gasteiger partial charge on any atom is -0.356 e. The summed E-state index contributed by atoms with van der Waals surface area (Å²) in [5.74, 6) is -0.280. The van der Waals surface area contributed by atoms with Crippen LogP contribution in [0.5, 0.6) is 0 Å². The summed E-state index contributed by atoms with van der Waals surface area (Å²) >= 11 is 1.64. The zero-order chi connectivity index (χ0) is 23.4. The molecule has 1 unspecified atom stereocenters. The Morgan fingerprint density at radius 1 is 1.06 bits per heavy atom. The summed E-state index contributed by atoms with van der Waals surface area (Å²) in [5.41, 5.74) is 0.820. The molecule has 2 aliphatic heterocycles. The van der Waals surface area contributed by atoms with Crippen molar-refractivity contribution >= 4 is 39.3 Å². The molecule has 0 saturated carbocycles. The van der Waals surface area contributed by atoms with Crippen LogP contribution in [0.4, 0.5) is 5.69 Å². The Bertz CT molecular complexity index is 1080. The lowest BCUT2D eigenvalue weighted by Crippen LogP contribution is -2.42. The van der Waals surface area contributed by atoms with Gasteiger partial charge >= 0.3 is 0 Å². The Morgan fingerprint density at radius 2 is 1.73 bits per heavy atom. The second kappa shape index (κ2) is 10.3. The van der Waals surface area contributed by atoms with Gasteiger partial charge in [0, 0.05) is 43.2 Å². The molecule has 0 spiro atoms. The molecule has 176 valence electrons. The summed E-state index contributed by atoms with van der Waals surface area (Å²) in [6, 6.07) is 16.3. The zero-order valence-corrected chi connectivity index (χ0v) is 20.3. The van der Waals surface area contributed by atoms with Crippen molar-refractivity contribution in [2.24, 2.45) is 11.8 Å². The smallest absolute Gasteiger partial charge is 0.243 e. The Balaban J connectivity index is 1.25. The van der Waals surface area contributed by atoms with E-state index in [1.54, 1.807) is 47.0 Å². The number of thioether (sulfide) groups is 1. The van der Waals surface area contributed by atoms with E-state index in [2.05, 4.69) is 5.32 Å². The summed E-state index contributed by atoms with van der Waals surface area (Å²) in [4.78, 5) is 28.3. The summed E-state index contributed by atoms with van der Waals surface area (Å²) in [5, 5.41) is 3.00. The van der Waals surface area contributed by atoms with E-state index in [0.717, 1.165) is 10.6 Å². The Labute approximate surface area is 199 Å². The summed E-state index contributed by atoms with van der Waals surface area (Å²) < 4.78 is 27.1. The van der Waals surface area contributed by atoms with Gasteiger partial charge in [-0.15, -0.1) is 11.8 Å². The number of nitrogens with zero attached hydrogens (tertiary/aromatic N) is 2. The van der Waals surface area contributed by atoms with Crippen molar-refractivity contribution in [2.75, 3.05) is 37.3 Å². The van der Waals surface area contributed by atoms with Crippen molar-refractivity contribution in [1.29, 1.82) is 0 Å². The van der Waals surface area contributed by atoms with Crippen LogP contribution in [0.2, 0.25) is 0 Å². The molecule has 7 nitrogen and oxygen atoms in total. The van der Waals surface area contributed by atoms with E-state index in [0.29, 0.717) is 43.9 Å². The van der Waals surface area contributed by atoms with E-state index >= 15 is 0 Å². The molecule has 2 aliphatic rings. The molecule has 0 aliphatic carbocycles. The fourth-order valence-corrected chi connectivity index (χ4v) is 6.28. The largest absolute Gasteiger partial charge is 0.356 e. The average molecular weight is 488 g/mol.